The van der Waals surface area contributed by atoms with Crippen molar-refractivity contribution in [2.75, 3.05) is 4.90 Å². The first kappa shape index (κ1) is 61.4. The summed E-state index contributed by atoms with van der Waals surface area (Å²) in [6, 6.07) is 29.0. The molecule has 10 aromatic carbocycles. The van der Waals surface area contributed by atoms with Gasteiger partial charge in [0.05, 0.1) is 0 Å². The molecule has 0 bridgehead atoms. The van der Waals surface area contributed by atoms with Crippen LogP contribution in [-0.2, 0) is 0 Å². The molecule has 0 saturated heterocycles. The smallest absolute Gasteiger partial charge is 0.143 e. The number of furan rings is 1. The molecule has 86 heavy (non-hydrogen) atoms. The van der Waals surface area contributed by atoms with Crippen LogP contribution in [0.1, 0.15) is 0 Å². The van der Waals surface area contributed by atoms with E-state index in [1.807, 2.05) is 0 Å². The highest BCUT2D eigenvalue weighted by atomic mass is 16.3. The minimum absolute atomic E-state index is 0.898. The predicted octanol–water partition coefficient (Wildman–Crippen LogP) is -28.7. The van der Waals surface area contributed by atoms with Gasteiger partial charge >= 0.3 is 0 Å². The molecule has 0 unspecified atom stereocenters. The molecule has 0 aliphatic carbocycles. The molecule has 1 aromatic heterocycles. The van der Waals surface area contributed by atoms with Crippen molar-refractivity contribution in [3.63, 3.8) is 0 Å². The second kappa shape index (κ2) is 22.4. The second-order valence-corrected chi connectivity index (χ2v) is 26.3. The summed E-state index contributed by atoms with van der Waals surface area (Å²) in [7, 11) is 61.3. The van der Waals surface area contributed by atoms with Gasteiger partial charge < -0.3 is 9.32 Å². The van der Waals surface area contributed by atoms with Gasteiger partial charge in [0.2, 0.25) is 0 Å². The van der Waals surface area contributed by atoms with Crippen molar-refractivity contribution in [3.05, 3.63) is 78.9 Å². The summed E-state index contributed by atoms with van der Waals surface area (Å²) in [4.78, 5) is 2.66. The number of nitrogens with zero attached hydrogens (tertiary/aromatic N) is 1. The van der Waals surface area contributed by atoms with Gasteiger partial charge in [-0.3, -0.25) is 0 Å². The van der Waals surface area contributed by atoms with Crippen molar-refractivity contribution in [3.8, 4) is 55.6 Å². The fraction of sp³-hybridized carbons (Fsp3) is 0. The Morgan fingerprint density at radius 2 is 0.570 bits per heavy atom. The number of hydrogen-bond acceptors (Lipinski definition) is 2. The summed E-state index contributed by atoms with van der Waals surface area (Å²) in [6.07, 6.45) is 0. The molecule has 11 rings (SSSR count). The van der Waals surface area contributed by atoms with Crippen molar-refractivity contribution in [1.82, 2.24) is 0 Å². The maximum atomic E-state index is 6.81. The second-order valence-electron chi connectivity index (χ2n) is 26.3. The maximum absolute atomic E-state index is 6.81. The normalized spacial score (nSPS) is 11.5. The van der Waals surface area contributed by atoms with Gasteiger partial charge in [0, 0.05) is 33.2 Å². The van der Waals surface area contributed by atoms with Gasteiger partial charge in [-0.15, -0.1) is 32.8 Å². The number of benzene rings is 10. The van der Waals surface area contributed by atoms with Crippen LogP contribution in [-0.4, -0.2) is 204 Å². The minimum atomic E-state index is 0.898. The van der Waals surface area contributed by atoms with E-state index in [0.717, 1.165) is 44.1 Å². The molecule has 0 saturated carbocycles. The Balaban J connectivity index is 1.17. The summed E-state index contributed by atoms with van der Waals surface area (Å²) in [6.45, 7) is 0. The standard InChI is InChI=1S/C58H65B26NO/c59-30-22(26-38(67)46(75)50(79)47(76)39(26)68)31(60)35(64)24(34(30)63)28-42(71)52(81)56(53(82)43(28)72)85(16-7-3-6-15(13-16)17-9-4-10-20-21(17)19-12-11-14-5-1-2-8-18(14)58(19)86-20)57-54(83)44(73)29(45(74)55(57)84)25-36(65)32(61)23(33(62)37(25)66)27-40(69)48(77)51(80)49(78)41(27)70/h1-13H,59-84H2. The molecular formula is C58H65B26NO. The molecule has 1 heterocycles. The van der Waals surface area contributed by atoms with E-state index >= 15 is 0 Å². The van der Waals surface area contributed by atoms with E-state index < -0.39 is 0 Å². The molecule has 0 spiro atoms. The Labute approximate surface area is 535 Å². The summed E-state index contributed by atoms with van der Waals surface area (Å²) in [5.41, 5.74) is 54.2. The molecule has 0 aliphatic heterocycles. The van der Waals surface area contributed by atoms with Crippen LogP contribution in [0, 0.1) is 0 Å². The van der Waals surface area contributed by atoms with Gasteiger partial charge in [0.15, 0.2) is 0 Å². The van der Waals surface area contributed by atoms with Crippen molar-refractivity contribution in [2.45, 2.75) is 0 Å². The Morgan fingerprint density at radius 1 is 0.256 bits per heavy atom. The molecule has 0 aliphatic rings. The van der Waals surface area contributed by atoms with E-state index in [1.54, 1.807) is 0 Å². The lowest BCUT2D eigenvalue weighted by Crippen LogP contribution is -2.57. The lowest BCUT2D eigenvalue weighted by molar-refractivity contribution is 0.673. The SMILES string of the molecule is Bc1c(B)c(B)c(-c2c(B)c(B)c(-c3c(B)c(B)c(N(c4cccc(-c5cccc6oc7c8ccccc8ccc7c56)c4)c4c(B)c(B)c(-c5c(B)c(B)c(-c6c(B)c(B)c(B)c(B)c6B)c(B)c5B)c(B)c4B)c(B)c3B)c(B)c2B)c(B)c1B. The van der Waals surface area contributed by atoms with Crippen LogP contribution in [0.15, 0.2) is 83.3 Å². The zero-order valence-corrected chi connectivity index (χ0v) is 56.9. The average Bonchev–Trinajstić information content (AvgIpc) is 1.18. The summed E-state index contributed by atoms with van der Waals surface area (Å²) >= 11 is 0. The molecule has 28 heteroatoms. The van der Waals surface area contributed by atoms with Crippen LogP contribution in [0.25, 0.3) is 88.3 Å². The molecule has 0 N–H and O–H groups in total. The number of hydrogen-bond donors (Lipinski definition) is 0. The first-order chi connectivity index (χ1) is 40.6. The van der Waals surface area contributed by atoms with Crippen molar-refractivity contribution in [2.24, 2.45) is 0 Å². The van der Waals surface area contributed by atoms with Crippen molar-refractivity contribution < 1.29 is 4.42 Å². The summed E-state index contributed by atoms with van der Waals surface area (Å²) < 4.78 is 6.81. The highest BCUT2D eigenvalue weighted by Gasteiger charge is 2.31. The monoisotopic (exact) mass is 1080 g/mol. The van der Waals surface area contributed by atoms with Gasteiger partial charge in [-0.25, -0.2) is 0 Å². The van der Waals surface area contributed by atoms with E-state index in [1.165, 1.54) is 203 Å². The molecule has 0 atom stereocenters. The van der Waals surface area contributed by atoms with Crippen molar-refractivity contribution in [1.29, 1.82) is 0 Å². The molecule has 386 valence electrons. The molecule has 0 amide bonds. The van der Waals surface area contributed by atoms with Crippen LogP contribution in [0.5, 0.6) is 0 Å². The molecule has 11 aromatic rings. The van der Waals surface area contributed by atoms with E-state index in [9.17, 15) is 0 Å². The van der Waals surface area contributed by atoms with Crippen molar-refractivity contribution >= 4 is 396 Å². The van der Waals surface area contributed by atoms with E-state index in [0.29, 0.717) is 0 Å². The first-order valence-electron chi connectivity index (χ1n) is 31.4. The molecule has 0 fully saturated rings. The third-order valence-corrected chi connectivity index (χ3v) is 22.7. The summed E-state index contributed by atoms with van der Waals surface area (Å²) in [5, 5.41) is 4.59. The Morgan fingerprint density at radius 3 is 0.942 bits per heavy atom. The molecule has 0 radical (unpaired) electrons. The van der Waals surface area contributed by atoms with E-state index in [2.05, 4.69) is 288 Å². The lowest BCUT2D eigenvalue weighted by Gasteiger charge is -2.37. The van der Waals surface area contributed by atoms with Crippen LogP contribution >= 0.6 is 0 Å². The Hall–Kier alpha value is -6.25. The number of anilines is 3. The number of fused-ring (bicyclic) bond motifs is 5. The third kappa shape index (κ3) is 8.99. The Kier molecular flexibility index (Phi) is 16.0. The van der Waals surface area contributed by atoms with Crippen LogP contribution in [0.3, 0.4) is 0 Å². The largest absolute Gasteiger partial charge is 0.455 e. The zero-order chi connectivity index (χ0) is 62.5. The zero-order valence-electron chi connectivity index (χ0n) is 56.9. The molecule has 2 nitrogen and oxygen atoms in total. The van der Waals surface area contributed by atoms with Gasteiger partial charge in [0.1, 0.15) is 215 Å². The summed E-state index contributed by atoms with van der Waals surface area (Å²) in [5.74, 6) is 0. The third-order valence-electron chi connectivity index (χ3n) is 22.7. The van der Waals surface area contributed by atoms with Gasteiger partial charge in [-0.1, -0.05) is 164 Å². The molecular weight excluding hydrogens is 1010 g/mol. The highest BCUT2D eigenvalue weighted by molar-refractivity contribution is 6.75. The van der Waals surface area contributed by atoms with Crippen LogP contribution in [0.2, 0.25) is 0 Å². The van der Waals surface area contributed by atoms with E-state index in [4.69, 9.17) is 4.42 Å². The maximum Gasteiger partial charge on any atom is 0.143 e. The van der Waals surface area contributed by atoms with Gasteiger partial charge in [-0.05, 0) is 85.3 Å². The van der Waals surface area contributed by atoms with E-state index in [-0.39, 0.29) is 0 Å². The minimum Gasteiger partial charge on any atom is -0.455 e. The fourth-order valence-corrected chi connectivity index (χ4v) is 15.9. The lowest BCUT2D eigenvalue weighted by atomic mass is 9.54. The van der Waals surface area contributed by atoms with Gasteiger partial charge in [-0.2, -0.15) is 0 Å². The van der Waals surface area contributed by atoms with Crippen LogP contribution < -0.4 is 147 Å². The Bertz CT molecular complexity index is 4480. The average molecular weight is 1070 g/mol. The predicted molar refractivity (Wildman–Crippen MR) is 466 cm³/mol. The topological polar surface area (TPSA) is 16.4 Å². The van der Waals surface area contributed by atoms with Crippen LogP contribution in [0.4, 0.5) is 17.1 Å². The number of rotatable bonds is 8. The van der Waals surface area contributed by atoms with Gasteiger partial charge in [0.25, 0.3) is 0 Å². The quantitative estimate of drug-likeness (QED) is 0.141. The first-order valence-corrected chi connectivity index (χ1v) is 31.4. The highest BCUT2D eigenvalue weighted by Crippen LogP contribution is 2.41. The fourth-order valence-electron chi connectivity index (χ4n) is 15.9.